The lowest BCUT2D eigenvalue weighted by molar-refractivity contribution is -0.384. The summed E-state index contributed by atoms with van der Waals surface area (Å²) >= 11 is 1.72. The quantitative estimate of drug-likeness (QED) is 0.486. The van der Waals surface area contributed by atoms with Gasteiger partial charge in [0.05, 0.1) is 4.92 Å². The Labute approximate surface area is 126 Å². The zero-order valence-electron chi connectivity index (χ0n) is 11.4. The van der Waals surface area contributed by atoms with Crippen LogP contribution in [0.25, 0.3) is 22.3 Å². The first-order valence-corrected chi connectivity index (χ1v) is 7.42. The molecule has 104 valence electrons. The van der Waals surface area contributed by atoms with E-state index >= 15 is 0 Å². The third-order valence-electron chi connectivity index (χ3n) is 3.36. The van der Waals surface area contributed by atoms with Crippen LogP contribution in [-0.2, 0) is 0 Å². The fourth-order valence-corrected chi connectivity index (χ4v) is 3.04. The Kier molecular flexibility index (Phi) is 3.54. The molecule has 21 heavy (non-hydrogen) atoms. The number of nitro benzene ring substituents is 1. The fraction of sp³-hybridized carbons (Fsp3) is 0.0588. The highest BCUT2D eigenvalue weighted by molar-refractivity contribution is 7.10. The van der Waals surface area contributed by atoms with Gasteiger partial charge in [-0.15, -0.1) is 11.3 Å². The van der Waals surface area contributed by atoms with Crippen LogP contribution in [-0.4, -0.2) is 4.92 Å². The van der Waals surface area contributed by atoms with Gasteiger partial charge in [0.15, 0.2) is 0 Å². The largest absolute Gasteiger partial charge is 0.269 e. The molecule has 4 heteroatoms. The molecule has 0 fully saturated rings. The number of benzene rings is 2. The summed E-state index contributed by atoms with van der Waals surface area (Å²) in [7, 11) is 0. The maximum absolute atomic E-state index is 10.7. The van der Waals surface area contributed by atoms with Crippen LogP contribution in [0, 0.1) is 17.0 Å². The van der Waals surface area contributed by atoms with Crippen molar-refractivity contribution >= 4 is 17.0 Å². The smallest absolute Gasteiger partial charge is 0.258 e. The van der Waals surface area contributed by atoms with Crippen LogP contribution >= 0.6 is 11.3 Å². The first kappa shape index (κ1) is 13.5. The van der Waals surface area contributed by atoms with Crippen molar-refractivity contribution in [3.8, 4) is 22.3 Å². The van der Waals surface area contributed by atoms with Crippen molar-refractivity contribution in [3.05, 3.63) is 75.0 Å². The molecule has 0 atom stereocenters. The Balaban J connectivity index is 2.08. The Morgan fingerprint density at radius 1 is 0.952 bits per heavy atom. The number of nitro groups is 1. The van der Waals surface area contributed by atoms with E-state index in [1.807, 2.05) is 18.2 Å². The predicted octanol–water partition coefficient (Wildman–Crippen LogP) is 5.30. The van der Waals surface area contributed by atoms with Crippen LogP contribution in [0.4, 0.5) is 5.69 Å². The number of hydrogen-bond donors (Lipinski definition) is 0. The molecule has 3 nitrogen and oxygen atoms in total. The van der Waals surface area contributed by atoms with Gasteiger partial charge in [-0.05, 0) is 52.8 Å². The van der Waals surface area contributed by atoms with E-state index in [-0.39, 0.29) is 10.6 Å². The minimum atomic E-state index is -0.377. The molecule has 2 aromatic carbocycles. The van der Waals surface area contributed by atoms with Gasteiger partial charge < -0.3 is 0 Å². The van der Waals surface area contributed by atoms with Gasteiger partial charge in [-0.2, -0.15) is 0 Å². The van der Waals surface area contributed by atoms with Gasteiger partial charge in [0.2, 0.25) is 0 Å². The second-order valence-electron chi connectivity index (χ2n) is 4.80. The molecule has 0 spiro atoms. The number of rotatable bonds is 3. The van der Waals surface area contributed by atoms with E-state index < -0.39 is 0 Å². The molecule has 0 amide bonds. The van der Waals surface area contributed by atoms with E-state index in [0.717, 1.165) is 16.7 Å². The lowest BCUT2D eigenvalue weighted by Gasteiger charge is -2.08. The summed E-state index contributed by atoms with van der Waals surface area (Å²) < 4.78 is 0. The molecule has 3 aromatic rings. The zero-order valence-corrected chi connectivity index (χ0v) is 12.3. The van der Waals surface area contributed by atoms with Crippen LogP contribution in [0.1, 0.15) is 4.88 Å². The van der Waals surface area contributed by atoms with Crippen molar-refractivity contribution in [1.82, 2.24) is 0 Å². The normalized spacial score (nSPS) is 10.5. The third-order valence-corrected chi connectivity index (χ3v) is 4.22. The molecule has 0 bridgehead atoms. The molecule has 0 radical (unpaired) electrons. The fourth-order valence-electron chi connectivity index (χ4n) is 2.33. The zero-order chi connectivity index (χ0) is 14.8. The highest BCUT2D eigenvalue weighted by Crippen LogP contribution is 2.34. The second kappa shape index (κ2) is 5.50. The summed E-state index contributed by atoms with van der Waals surface area (Å²) in [6, 6.07) is 17.0. The van der Waals surface area contributed by atoms with Crippen molar-refractivity contribution in [2.75, 3.05) is 0 Å². The average molecular weight is 295 g/mol. The molecular weight excluding hydrogens is 282 g/mol. The summed E-state index contributed by atoms with van der Waals surface area (Å²) in [5, 5.41) is 12.9. The molecular formula is C17H13NO2S. The number of non-ortho nitro benzene ring substituents is 1. The Morgan fingerprint density at radius 3 is 2.10 bits per heavy atom. The monoisotopic (exact) mass is 295 g/mol. The SMILES string of the molecule is Cc1cc(-c2ccccc2-c2ccc([N+](=O)[O-])cc2)cs1. The van der Waals surface area contributed by atoms with Crippen LogP contribution in [0.3, 0.4) is 0 Å². The minimum absolute atomic E-state index is 0.114. The summed E-state index contributed by atoms with van der Waals surface area (Å²) in [6.07, 6.45) is 0. The first-order chi connectivity index (χ1) is 10.1. The summed E-state index contributed by atoms with van der Waals surface area (Å²) in [4.78, 5) is 11.6. The van der Waals surface area contributed by atoms with E-state index in [1.54, 1.807) is 35.6 Å². The topological polar surface area (TPSA) is 43.1 Å². The summed E-state index contributed by atoms with van der Waals surface area (Å²) in [5.74, 6) is 0. The van der Waals surface area contributed by atoms with E-state index in [2.05, 4.69) is 24.4 Å². The molecule has 0 N–H and O–H groups in total. The molecule has 0 saturated carbocycles. The maximum Gasteiger partial charge on any atom is 0.269 e. The van der Waals surface area contributed by atoms with Gasteiger partial charge in [0.1, 0.15) is 0 Å². The molecule has 0 saturated heterocycles. The molecule has 0 aliphatic heterocycles. The van der Waals surface area contributed by atoms with E-state index in [4.69, 9.17) is 0 Å². The number of nitrogens with zero attached hydrogens (tertiary/aromatic N) is 1. The van der Waals surface area contributed by atoms with Crippen LogP contribution in [0.15, 0.2) is 60.0 Å². The molecule has 0 aliphatic carbocycles. The van der Waals surface area contributed by atoms with Crippen molar-refractivity contribution in [1.29, 1.82) is 0 Å². The van der Waals surface area contributed by atoms with Gasteiger partial charge in [-0.25, -0.2) is 0 Å². The van der Waals surface area contributed by atoms with Crippen LogP contribution < -0.4 is 0 Å². The molecule has 0 unspecified atom stereocenters. The maximum atomic E-state index is 10.7. The second-order valence-corrected chi connectivity index (χ2v) is 5.91. The third kappa shape index (κ3) is 2.71. The standard InChI is InChI=1S/C17H13NO2S/c1-12-10-14(11-21-12)17-5-3-2-4-16(17)13-6-8-15(9-7-13)18(19)20/h2-11H,1H3. The van der Waals surface area contributed by atoms with Gasteiger partial charge in [0.25, 0.3) is 5.69 Å². The molecule has 1 aromatic heterocycles. The van der Waals surface area contributed by atoms with Gasteiger partial charge >= 0.3 is 0 Å². The van der Waals surface area contributed by atoms with E-state index in [1.165, 1.54) is 10.4 Å². The van der Waals surface area contributed by atoms with Crippen molar-refractivity contribution in [2.45, 2.75) is 6.92 Å². The number of hydrogen-bond acceptors (Lipinski definition) is 3. The van der Waals surface area contributed by atoms with Crippen molar-refractivity contribution in [3.63, 3.8) is 0 Å². The Bertz CT molecular complexity index is 791. The van der Waals surface area contributed by atoms with E-state index in [9.17, 15) is 10.1 Å². The van der Waals surface area contributed by atoms with Crippen molar-refractivity contribution < 1.29 is 4.92 Å². The molecule has 1 heterocycles. The highest BCUT2D eigenvalue weighted by Gasteiger charge is 2.10. The summed E-state index contributed by atoms with van der Waals surface area (Å²) in [5.41, 5.74) is 4.52. The number of aryl methyl sites for hydroxylation is 1. The van der Waals surface area contributed by atoms with Gasteiger partial charge in [-0.1, -0.05) is 24.3 Å². The van der Waals surface area contributed by atoms with E-state index in [0.29, 0.717) is 0 Å². The molecule has 0 aliphatic rings. The first-order valence-electron chi connectivity index (χ1n) is 6.54. The van der Waals surface area contributed by atoms with Crippen LogP contribution in [0.5, 0.6) is 0 Å². The Morgan fingerprint density at radius 2 is 1.57 bits per heavy atom. The van der Waals surface area contributed by atoms with Gasteiger partial charge in [0, 0.05) is 17.0 Å². The minimum Gasteiger partial charge on any atom is -0.258 e. The number of thiophene rings is 1. The van der Waals surface area contributed by atoms with Gasteiger partial charge in [-0.3, -0.25) is 10.1 Å². The van der Waals surface area contributed by atoms with Crippen molar-refractivity contribution in [2.24, 2.45) is 0 Å². The highest BCUT2D eigenvalue weighted by atomic mass is 32.1. The summed E-state index contributed by atoms with van der Waals surface area (Å²) in [6.45, 7) is 2.09. The lowest BCUT2D eigenvalue weighted by atomic mass is 9.96. The van der Waals surface area contributed by atoms with Crippen LogP contribution in [0.2, 0.25) is 0 Å². The molecule has 3 rings (SSSR count). The Hall–Kier alpha value is -2.46. The predicted molar refractivity (Wildman–Crippen MR) is 86.6 cm³/mol. The average Bonchev–Trinajstić information content (AvgIpc) is 2.94. The lowest BCUT2D eigenvalue weighted by Crippen LogP contribution is -1.88.